The molecule has 0 amide bonds. The summed E-state index contributed by atoms with van der Waals surface area (Å²) < 4.78 is 2.21. The molecule has 2 rings (SSSR count). The lowest BCUT2D eigenvalue weighted by atomic mass is 10.4. The van der Waals surface area contributed by atoms with Gasteiger partial charge in [0.05, 0.1) is 19.2 Å². The molecule has 46 valence electrons. The normalized spacial score (nSPS) is 15.6. The van der Waals surface area contributed by atoms with Gasteiger partial charge in [-0.2, -0.15) is 0 Å². The second kappa shape index (κ2) is 1.79. The van der Waals surface area contributed by atoms with Crippen molar-refractivity contribution >= 4 is 0 Å². The van der Waals surface area contributed by atoms with E-state index < -0.39 is 0 Å². The number of hydrogen-bond acceptors (Lipinski definition) is 1. The minimum absolute atomic E-state index is 1.15. The molecule has 2 nitrogen and oxygen atoms in total. The molecule has 0 fully saturated rings. The van der Waals surface area contributed by atoms with Gasteiger partial charge in [0, 0.05) is 6.07 Å². The van der Waals surface area contributed by atoms with Crippen LogP contribution in [-0.2, 0) is 13.0 Å². The first-order valence-corrected chi connectivity index (χ1v) is 3.30. The third-order valence-corrected chi connectivity index (χ3v) is 1.71. The molecule has 0 bridgehead atoms. The molecule has 0 unspecified atom stereocenters. The minimum atomic E-state index is 1.15. The fraction of sp³-hybridized carbons (Fsp3) is 0.429. The second-order valence-electron chi connectivity index (χ2n) is 2.33. The Kier molecular flexibility index (Phi) is 0.979. The monoisotopic (exact) mass is 121 g/mol. The molecule has 0 spiro atoms. The zero-order valence-corrected chi connectivity index (χ0v) is 5.25. The van der Waals surface area contributed by atoms with Crippen molar-refractivity contribution in [3.05, 3.63) is 24.3 Å². The molecular formula is C7H9N2+. The van der Waals surface area contributed by atoms with E-state index in [1.165, 1.54) is 12.2 Å². The SMILES string of the molecule is c1cnc2[n+](c1)CCC2. The lowest BCUT2D eigenvalue weighted by Crippen LogP contribution is -2.32. The van der Waals surface area contributed by atoms with Gasteiger partial charge < -0.3 is 0 Å². The van der Waals surface area contributed by atoms with Gasteiger partial charge in [-0.05, 0) is 6.42 Å². The summed E-state index contributed by atoms with van der Waals surface area (Å²) in [5, 5.41) is 0. The average Bonchev–Trinajstić information content (AvgIpc) is 2.33. The van der Waals surface area contributed by atoms with Crippen LogP contribution >= 0.6 is 0 Å². The van der Waals surface area contributed by atoms with Crippen molar-refractivity contribution in [2.24, 2.45) is 0 Å². The maximum Gasteiger partial charge on any atom is 0.298 e. The zero-order valence-electron chi connectivity index (χ0n) is 5.25. The molecule has 1 aromatic rings. The van der Waals surface area contributed by atoms with Gasteiger partial charge >= 0.3 is 0 Å². The highest BCUT2D eigenvalue weighted by Gasteiger charge is 2.16. The maximum atomic E-state index is 4.22. The average molecular weight is 121 g/mol. The van der Waals surface area contributed by atoms with Gasteiger partial charge in [-0.25, -0.2) is 4.57 Å². The largest absolute Gasteiger partial charge is 0.298 e. The molecular weight excluding hydrogens is 112 g/mol. The number of rotatable bonds is 0. The summed E-state index contributed by atoms with van der Waals surface area (Å²) in [6.45, 7) is 1.16. The van der Waals surface area contributed by atoms with E-state index in [4.69, 9.17) is 0 Å². The molecule has 2 heteroatoms. The molecule has 0 radical (unpaired) electrons. The number of aryl methyl sites for hydroxylation is 2. The van der Waals surface area contributed by atoms with Crippen molar-refractivity contribution in [3.8, 4) is 0 Å². The summed E-state index contributed by atoms with van der Waals surface area (Å²) in [5.41, 5.74) is 0. The highest BCUT2D eigenvalue weighted by molar-refractivity contribution is 4.82. The van der Waals surface area contributed by atoms with Crippen LogP contribution in [-0.4, -0.2) is 4.98 Å². The number of nitrogens with zero attached hydrogens (tertiary/aromatic N) is 2. The molecule has 0 saturated heterocycles. The third kappa shape index (κ3) is 0.707. The van der Waals surface area contributed by atoms with Crippen molar-refractivity contribution in [1.82, 2.24) is 4.98 Å². The molecule has 0 aromatic carbocycles. The van der Waals surface area contributed by atoms with E-state index in [9.17, 15) is 0 Å². The van der Waals surface area contributed by atoms with Crippen molar-refractivity contribution in [2.45, 2.75) is 19.4 Å². The van der Waals surface area contributed by atoms with Crippen LogP contribution in [0.4, 0.5) is 0 Å². The Labute approximate surface area is 54.2 Å². The van der Waals surface area contributed by atoms with Gasteiger partial charge in [0.15, 0.2) is 0 Å². The molecule has 0 atom stereocenters. The second-order valence-corrected chi connectivity index (χ2v) is 2.33. The molecule has 1 aromatic heterocycles. The Balaban J connectivity index is 2.54. The standard InChI is InChI=1S/C7H9N2/c1-3-7-8-4-2-6-9(7)5-1/h2,4,6H,1,3,5H2/q+1. The molecule has 0 saturated carbocycles. The van der Waals surface area contributed by atoms with Crippen LogP contribution in [0.5, 0.6) is 0 Å². The van der Waals surface area contributed by atoms with E-state index >= 15 is 0 Å². The molecule has 0 aliphatic carbocycles. The summed E-state index contributed by atoms with van der Waals surface area (Å²) in [7, 11) is 0. The predicted molar refractivity (Wildman–Crippen MR) is 32.8 cm³/mol. The quantitative estimate of drug-likeness (QED) is 0.451. The molecule has 2 heterocycles. The first-order chi connectivity index (χ1) is 4.47. The van der Waals surface area contributed by atoms with Crippen molar-refractivity contribution < 1.29 is 4.57 Å². The van der Waals surface area contributed by atoms with Crippen LogP contribution in [0.1, 0.15) is 12.2 Å². The van der Waals surface area contributed by atoms with Crippen LogP contribution in [0.25, 0.3) is 0 Å². The Morgan fingerprint density at radius 1 is 1.56 bits per heavy atom. The topological polar surface area (TPSA) is 16.8 Å². The van der Waals surface area contributed by atoms with E-state index in [1.807, 2.05) is 12.3 Å². The lowest BCUT2D eigenvalue weighted by Gasteiger charge is -1.86. The van der Waals surface area contributed by atoms with Gasteiger partial charge in [-0.15, -0.1) is 0 Å². The smallest absolute Gasteiger partial charge is 0.235 e. The Morgan fingerprint density at radius 3 is 3.44 bits per heavy atom. The van der Waals surface area contributed by atoms with E-state index in [-0.39, 0.29) is 0 Å². The summed E-state index contributed by atoms with van der Waals surface area (Å²) in [5.74, 6) is 1.23. The van der Waals surface area contributed by atoms with Crippen molar-refractivity contribution in [3.63, 3.8) is 0 Å². The highest BCUT2D eigenvalue weighted by atomic mass is 15.0. The van der Waals surface area contributed by atoms with Crippen LogP contribution < -0.4 is 4.57 Å². The molecule has 1 aliphatic rings. The summed E-state index contributed by atoms with van der Waals surface area (Å²) in [4.78, 5) is 4.22. The van der Waals surface area contributed by atoms with Gasteiger partial charge in [0.1, 0.15) is 6.20 Å². The van der Waals surface area contributed by atoms with E-state index in [2.05, 4.69) is 15.7 Å². The van der Waals surface area contributed by atoms with Crippen LogP contribution in [0.2, 0.25) is 0 Å². The highest BCUT2D eigenvalue weighted by Crippen LogP contribution is 1.99. The minimum Gasteiger partial charge on any atom is -0.235 e. The van der Waals surface area contributed by atoms with Crippen LogP contribution in [0.15, 0.2) is 18.5 Å². The van der Waals surface area contributed by atoms with Gasteiger partial charge in [-0.1, -0.05) is 4.98 Å². The van der Waals surface area contributed by atoms with Gasteiger partial charge in [0.2, 0.25) is 0 Å². The predicted octanol–water partition coefficient (Wildman–Crippen LogP) is 0.315. The van der Waals surface area contributed by atoms with Crippen LogP contribution in [0, 0.1) is 0 Å². The van der Waals surface area contributed by atoms with Gasteiger partial charge in [0.25, 0.3) is 5.82 Å². The number of hydrogen-bond donors (Lipinski definition) is 0. The Bertz CT molecular complexity index is 197. The van der Waals surface area contributed by atoms with E-state index in [0.717, 1.165) is 13.0 Å². The first-order valence-electron chi connectivity index (χ1n) is 3.30. The fourth-order valence-corrected chi connectivity index (χ4v) is 1.25. The Morgan fingerprint density at radius 2 is 2.56 bits per heavy atom. The molecule has 0 N–H and O–H groups in total. The zero-order chi connectivity index (χ0) is 6.10. The molecule has 9 heavy (non-hydrogen) atoms. The van der Waals surface area contributed by atoms with Crippen molar-refractivity contribution in [2.75, 3.05) is 0 Å². The van der Waals surface area contributed by atoms with E-state index in [1.54, 1.807) is 0 Å². The van der Waals surface area contributed by atoms with Crippen molar-refractivity contribution in [1.29, 1.82) is 0 Å². The van der Waals surface area contributed by atoms with Gasteiger partial charge in [-0.3, -0.25) is 0 Å². The Hall–Kier alpha value is -0.920. The fourth-order valence-electron chi connectivity index (χ4n) is 1.25. The van der Waals surface area contributed by atoms with Crippen LogP contribution in [0.3, 0.4) is 0 Å². The summed E-state index contributed by atoms with van der Waals surface area (Å²) in [6, 6.07) is 1.98. The number of fused-ring (bicyclic) bond motifs is 1. The maximum absolute atomic E-state index is 4.22. The summed E-state index contributed by atoms with van der Waals surface area (Å²) >= 11 is 0. The first kappa shape index (κ1) is 4.91. The van der Waals surface area contributed by atoms with E-state index in [0.29, 0.717) is 0 Å². The third-order valence-electron chi connectivity index (χ3n) is 1.71. The molecule has 1 aliphatic heterocycles. The lowest BCUT2D eigenvalue weighted by molar-refractivity contribution is -0.693. The summed E-state index contributed by atoms with van der Waals surface area (Å²) in [6.07, 6.45) is 6.37. The number of aromatic nitrogens is 2.